The lowest BCUT2D eigenvalue weighted by molar-refractivity contribution is 0.572. The third-order valence-electron chi connectivity index (χ3n) is 3.84. The van der Waals surface area contributed by atoms with Gasteiger partial charge in [0.1, 0.15) is 5.82 Å². The second-order valence-electron chi connectivity index (χ2n) is 5.77. The molecule has 0 aliphatic rings. The average molecular weight is 275 g/mol. The van der Waals surface area contributed by atoms with Crippen LogP contribution in [0.3, 0.4) is 0 Å². The second kappa shape index (κ2) is 9.58. The van der Waals surface area contributed by atoms with E-state index in [1.807, 2.05) is 13.8 Å². The predicted octanol–water partition coefficient (Wildman–Crippen LogP) is 5.03. The van der Waals surface area contributed by atoms with Crippen LogP contribution >= 0.6 is 0 Å². The van der Waals surface area contributed by atoms with E-state index in [1.54, 1.807) is 0 Å². The van der Waals surface area contributed by atoms with Crippen molar-refractivity contribution in [2.45, 2.75) is 84.5 Å². The summed E-state index contributed by atoms with van der Waals surface area (Å²) in [4.78, 5) is 7.88. The third kappa shape index (κ3) is 5.77. The highest BCUT2D eigenvalue weighted by Crippen LogP contribution is 2.17. The lowest BCUT2D eigenvalue weighted by Gasteiger charge is -2.00. The van der Waals surface area contributed by atoms with Gasteiger partial charge in [0.15, 0.2) is 0 Å². The number of H-pyrrole nitrogens is 1. The molecule has 3 nitrogen and oxygen atoms in total. The molecule has 0 amide bonds. The molecule has 0 spiro atoms. The van der Waals surface area contributed by atoms with Gasteiger partial charge in [-0.05, 0) is 20.3 Å². The molecule has 0 bridgehead atoms. The van der Waals surface area contributed by atoms with Crippen molar-refractivity contribution in [2.24, 2.45) is 0 Å². The number of nitrogens with one attached hydrogen (secondary N) is 1. The first kappa shape index (κ1) is 16.8. The van der Waals surface area contributed by atoms with Crippen molar-refractivity contribution in [3.8, 4) is 6.07 Å². The van der Waals surface area contributed by atoms with Crippen LogP contribution in [-0.4, -0.2) is 9.97 Å². The fourth-order valence-electron chi connectivity index (χ4n) is 2.57. The molecule has 0 aliphatic carbocycles. The van der Waals surface area contributed by atoms with Gasteiger partial charge in [-0.25, -0.2) is 4.98 Å². The van der Waals surface area contributed by atoms with E-state index in [0.29, 0.717) is 0 Å². The van der Waals surface area contributed by atoms with E-state index >= 15 is 0 Å². The zero-order chi connectivity index (χ0) is 14.8. The molecule has 112 valence electrons. The van der Waals surface area contributed by atoms with Crippen LogP contribution in [0.2, 0.25) is 0 Å². The Hall–Kier alpha value is -1.30. The van der Waals surface area contributed by atoms with Crippen LogP contribution in [0.1, 0.15) is 88.3 Å². The minimum Gasteiger partial charge on any atom is -0.346 e. The number of aromatic nitrogens is 2. The number of imidazole rings is 1. The summed E-state index contributed by atoms with van der Waals surface area (Å²) in [5, 5.41) is 8.95. The second-order valence-corrected chi connectivity index (χ2v) is 5.77. The summed E-state index contributed by atoms with van der Waals surface area (Å²) >= 11 is 0. The molecule has 20 heavy (non-hydrogen) atoms. The molecule has 1 aromatic rings. The normalized spacial score (nSPS) is 12.3. The Labute approximate surface area is 123 Å². The van der Waals surface area contributed by atoms with E-state index in [-0.39, 0.29) is 5.92 Å². The number of aromatic amines is 1. The van der Waals surface area contributed by atoms with Gasteiger partial charge in [-0.1, -0.05) is 51.9 Å². The first-order chi connectivity index (χ1) is 9.69. The molecule has 1 aromatic heterocycles. The molecule has 1 atom stereocenters. The molecule has 1 rings (SSSR count). The Morgan fingerprint density at radius 3 is 2.30 bits per heavy atom. The first-order valence-electron chi connectivity index (χ1n) is 8.14. The smallest absolute Gasteiger partial charge is 0.106 e. The van der Waals surface area contributed by atoms with Crippen molar-refractivity contribution in [3.05, 3.63) is 17.2 Å². The lowest BCUT2D eigenvalue weighted by Crippen LogP contribution is -1.93. The lowest BCUT2D eigenvalue weighted by atomic mass is 10.1. The zero-order valence-electron chi connectivity index (χ0n) is 13.3. The van der Waals surface area contributed by atoms with Crippen LogP contribution in [0.15, 0.2) is 0 Å². The first-order valence-corrected chi connectivity index (χ1v) is 8.14. The van der Waals surface area contributed by atoms with Gasteiger partial charge in [0, 0.05) is 12.1 Å². The highest BCUT2D eigenvalue weighted by Gasteiger charge is 2.12. The number of hydrogen-bond acceptors (Lipinski definition) is 2. The fourth-order valence-corrected chi connectivity index (χ4v) is 2.57. The Kier molecular flexibility index (Phi) is 8.02. The van der Waals surface area contributed by atoms with Crippen LogP contribution in [0.25, 0.3) is 0 Å². The summed E-state index contributed by atoms with van der Waals surface area (Å²) in [7, 11) is 0. The Morgan fingerprint density at radius 1 is 1.10 bits per heavy atom. The summed E-state index contributed by atoms with van der Waals surface area (Å²) in [5.74, 6) is 0.934. The molecular weight excluding hydrogens is 246 g/mol. The van der Waals surface area contributed by atoms with Crippen molar-refractivity contribution in [2.75, 3.05) is 0 Å². The molecule has 0 saturated heterocycles. The van der Waals surface area contributed by atoms with Crippen molar-refractivity contribution in [1.29, 1.82) is 5.26 Å². The maximum Gasteiger partial charge on any atom is 0.106 e. The number of nitrogens with zero attached hydrogens (tertiary/aromatic N) is 2. The zero-order valence-corrected chi connectivity index (χ0v) is 13.3. The molecule has 0 aliphatic heterocycles. The number of nitriles is 1. The topological polar surface area (TPSA) is 52.5 Å². The monoisotopic (exact) mass is 275 g/mol. The molecule has 0 fully saturated rings. The number of aryl methyl sites for hydroxylation is 2. The molecule has 1 N–H and O–H groups in total. The Bertz CT molecular complexity index is 414. The van der Waals surface area contributed by atoms with E-state index in [1.165, 1.54) is 51.4 Å². The minimum absolute atomic E-state index is 0.112. The van der Waals surface area contributed by atoms with Gasteiger partial charge in [0.05, 0.1) is 17.7 Å². The largest absolute Gasteiger partial charge is 0.346 e. The van der Waals surface area contributed by atoms with Crippen LogP contribution in [0, 0.1) is 18.3 Å². The van der Waals surface area contributed by atoms with Crippen molar-refractivity contribution < 1.29 is 0 Å². The van der Waals surface area contributed by atoms with Gasteiger partial charge in [0.2, 0.25) is 0 Å². The van der Waals surface area contributed by atoms with E-state index in [9.17, 15) is 0 Å². The number of rotatable bonds is 10. The van der Waals surface area contributed by atoms with E-state index in [0.717, 1.165) is 23.6 Å². The molecule has 3 heteroatoms. The summed E-state index contributed by atoms with van der Waals surface area (Å²) in [6.45, 7) is 6.17. The SMILES string of the molecule is CCCCCCCCCCc1nc(C(C)C#N)c(C)[nH]1. The van der Waals surface area contributed by atoms with Gasteiger partial charge < -0.3 is 4.98 Å². The van der Waals surface area contributed by atoms with Gasteiger partial charge in [-0.3, -0.25) is 0 Å². The van der Waals surface area contributed by atoms with Gasteiger partial charge in [-0.2, -0.15) is 5.26 Å². The van der Waals surface area contributed by atoms with E-state index < -0.39 is 0 Å². The van der Waals surface area contributed by atoms with Crippen molar-refractivity contribution in [3.63, 3.8) is 0 Å². The van der Waals surface area contributed by atoms with Crippen molar-refractivity contribution in [1.82, 2.24) is 9.97 Å². The molecule has 1 heterocycles. The van der Waals surface area contributed by atoms with Crippen LogP contribution in [0.4, 0.5) is 0 Å². The Morgan fingerprint density at radius 2 is 1.70 bits per heavy atom. The van der Waals surface area contributed by atoms with Gasteiger partial charge >= 0.3 is 0 Å². The minimum atomic E-state index is -0.112. The molecule has 0 radical (unpaired) electrons. The molecule has 1 unspecified atom stereocenters. The highest BCUT2D eigenvalue weighted by molar-refractivity contribution is 5.22. The quantitative estimate of drug-likeness (QED) is 0.609. The van der Waals surface area contributed by atoms with Crippen LogP contribution in [-0.2, 0) is 6.42 Å². The van der Waals surface area contributed by atoms with Crippen molar-refractivity contribution >= 4 is 0 Å². The average Bonchev–Trinajstić information content (AvgIpc) is 2.82. The summed E-state index contributed by atoms with van der Waals surface area (Å²) in [6, 6.07) is 2.25. The molecular formula is C17H29N3. The maximum atomic E-state index is 8.95. The van der Waals surface area contributed by atoms with Gasteiger partial charge in [0.25, 0.3) is 0 Å². The number of unbranched alkanes of at least 4 members (excludes halogenated alkanes) is 7. The highest BCUT2D eigenvalue weighted by atomic mass is 14.9. The van der Waals surface area contributed by atoms with Gasteiger partial charge in [-0.15, -0.1) is 0 Å². The standard InChI is InChI=1S/C17H29N3/c1-4-5-6-7-8-9-10-11-12-16-19-15(3)17(20-16)14(2)13-18/h14H,4-12H2,1-3H3,(H,19,20). The third-order valence-corrected chi connectivity index (χ3v) is 3.84. The summed E-state index contributed by atoms with van der Waals surface area (Å²) < 4.78 is 0. The van der Waals surface area contributed by atoms with Crippen LogP contribution in [0.5, 0.6) is 0 Å². The fraction of sp³-hybridized carbons (Fsp3) is 0.765. The maximum absolute atomic E-state index is 8.95. The van der Waals surface area contributed by atoms with Crippen LogP contribution < -0.4 is 0 Å². The molecule has 0 aromatic carbocycles. The number of hydrogen-bond donors (Lipinski definition) is 1. The predicted molar refractivity (Wildman–Crippen MR) is 83.7 cm³/mol. The molecule has 0 saturated carbocycles. The Balaban J connectivity index is 2.18. The van der Waals surface area contributed by atoms with E-state index in [4.69, 9.17) is 5.26 Å². The summed E-state index contributed by atoms with van der Waals surface area (Å²) in [6.07, 6.45) is 11.7. The summed E-state index contributed by atoms with van der Waals surface area (Å²) in [5.41, 5.74) is 1.97. The van der Waals surface area contributed by atoms with E-state index in [2.05, 4.69) is 23.0 Å².